The summed E-state index contributed by atoms with van der Waals surface area (Å²) in [5.41, 5.74) is 4.68. The first-order chi connectivity index (χ1) is 17.9. The normalized spacial score (nSPS) is 19.8. The van der Waals surface area contributed by atoms with Crippen molar-refractivity contribution in [2.24, 2.45) is 5.73 Å². The maximum Gasteiger partial charge on any atom is 0.416 e. The van der Waals surface area contributed by atoms with E-state index in [1.54, 1.807) is 30.3 Å². The zero-order chi connectivity index (χ0) is 27.6. The molecule has 2 aromatic carbocycles. The van der Waals surface area contributed by atoms with Crippen LogP contribution in [0.25, 0.3) is 0 Å². The highest BCUT2D eigenvalue weighted by Crippen LogP contribution is 2.31. The first-order valence-corrected chi connectivity index (χ1v) is 11.7. The van der Waals surface area contributed by atoms with Gasteiger partial charge in [-0.05, 0) is 29.3 Å². The number of rotatable bonds is 6. The number of hydrogen-bond acceptors (Lipinski definition) is 5. The summed E-state index contributed by atoms with van der Waals surface area (Å²) < 4.78 is 58.0. The molecule has 13 heteroatoms. The number of alkyl halides is 3. The number of carbonyl (C=O) groups is 4. The minimum absolute atomic E-state index is 0.0908. The molecule has 4 rings (SSSR count). The van der Waals surface area contributed by atoms with Crippen LogP contribution in [0.5, 0.6) is 0 Å². The average Bonchev–Trinajstić information content (AvgIpc) is 2.85. The van der Waals surface area contributed by atoms with Crippen LogP contribution in [0.2, 0.25) is 0 Å². The molecular weight excluding hydrogens is 512 g/mol. The first-order valence-electron chi connectivity index (χ1n) is 11.7. The molecule has 0 spiro atoms. The van der Waals surface area contributed by atoms with Gasteiger partial charge in [0.1, 0.15) is 24.6 Å². The maximum absolute atomic E-state index is 13.7. The zero-order valence-electron chi connectivity index (χ0n) is 20.0. The van der Waals surface area contributed by atoms with Gasteiger partial charge in [0, 0.05) is 19.5 Å². The highest BCUT2D eigenvalue weighted by Gasteiger charge is 2.49. The molecule has 0 aromatic heterocycles. The monoisotopic (exact) mass is 536 g/mol. The molecule has 2 atom stereocenters. The molecule has 38 heavy (non-hydrogen) atoms. The third-order valence-electron chi connectivity index (χ3n) is 6.34. The number of nitrogens with two attached hydrogens (primary N) is 1. The third-order valence-corrected chi connectivity index (χ3v) is 6.34. The predicted molar refractivity (Wildman–Crippen MR) is 123 cm³/mol. The van der Waals surface area contributed by atoms with Crippen molar-refractivity contribution in [2.45, 2.75) is 44.4 Å². The lowest BCUT2D eigenvalue weighted by Gasteiger charge is -2.51. The fourth-order valence-corrected chi connectivity index (χ4v) is 4.66. The second kappa shape index (κ2) is 10.7. The summed E-state index contributed by atoms with van der Waals surface area (Å²) in [6.45, 7) is -0.706. The Hall–Kier alpha value is -4.16. The molecule has 4 amide bonds. The highest BCUT2D eigenvalue weighted by atomic mass is 19.4. The molecule has 2 fully saturated rings. The van der Waals surface area contributed by atoms with Crippen LogP contribution in [-0.4, -0.2) is 63.8 Å². The van der Waals surface area contributed by atoms with Crippen LogP contribution in [0.1, 0.15) is 29.5 Å². The van der Waals surface area contributed by atoms with Gasteiger partial charge >= 0.3 is 12.3 Å². The van der Waals surface area contributed by atoms with E-state index >= 15 is 0 Å². The van der Waals surface area contributed by atoms with Crippen molar-refractivity contribution in [3.05, 3.63) is 71.0 Å². The van der Waals surface area contributed by atoms with Crippen molar-refractivity contribution in [3.63, 3.8) is 0 Å². The van der Waals surface area contributed by atoms with Crippen LogP contribution in [0.15, 0.2) is 48.5 Å². The van der Waals surface area contributed by atoms with E-state index in [1.807, 2.05) is 0 Å². The molecule has 2 N–H and O–H groups in total. The Kier molecular flexibility index (Phi) is 7.56. The Morgan fingerprint density at radius 2 is 1.76 bits per heavy atom. The number of amides is 4. The van der Waals surface area contributed by atoms with Gasteiger partial charge in [0.25, 0.3) is 0 Å². The topological polar surface area (TPSA) is 113 Å². The number of halogens is 4. The number of hydrogen-bond donors (Lipinski definition) is 1. The van der Waals surface area contributed by atoms with E-state index in [1.165, 1.54) is 9.80 Å². The number of nitrogens with zero attached hydrogens (tertiary/aromatic N) is 3. The zero-order valence-corrected chi connectivity index (χ0v) is 20.0. The summed E-state index contributed by atoms with van der Waals surface area (Å²) in [6.07, 6.45) is -7.41. The van der Waals surface area contributed by atoms with E-state index < -0.39 is 66.6 Å². The van der Waals surface area contributed by atoms with Gasteiger partial charge in [0.2, 0.25) is 17.7 Å². The van der Waals surface area contributed by atoms with Crippen LogP contribution < -0.4 is 5.73 Å². The van der Waals surface area contributed by atoms with Gasteiger partial charge in [-0.3, -0.25) is 19.3 Å². The highest BCUT2D eigenvalue weighted by molar-refractivity contribution is 5.93. The largest absolute Gasteiger partial charge is 0.444 e. The summed E-state index contributed by atoms with van der Waals surface area (Å²) in [6, 6.07) is 9.51. The van der Waals surface area contributed by atoms with Gasteiger partial charge in [0.05, 0.1) is 18.5 Å². The van der Waals surface area contributed by atoms with Crippen molar-refractivity contribution in [1.82, 2.24) is 14.7 Å². The SMILES string of the molecule is NC(=O)C[C@H]1C(=O)N(Cc2ccccc2)C[C@@H]2N(C(=O)OCc3cc(F)cc(C(F)(F)F)c3)CCC(=O)N21. The number of primary amides is 1. The van der Waals surface area contributed by atoms with Gasteiger partial charge in [-0.1, -0.05) is 30.3 Å². The molecule has 0 aliphatic carbocycles. The predicted octanol–water partition coefficient (Wildman–Crippen LogP) is 2.63. The molecule has 202 valence electrons. The van der Waals surface area contributed by atoms with Gasteiger partial charge in [0.15, 0.2) is 0 Å². The third kappa shape index (κ3) is 5.87. The van der Waals surface area contributed by atoms with E-state index in [0.717, 1.165) is 16.5 Å². The van der Waals surface area contributed by atoms with Gasteiger partial charge < -0.3 is 20.3 Å². The van der Waals surface area contributed by atoms with E-state index in [-0.39, 0.29) is 31.6 Å². The quantitative estimate of drug-likeness (QED) is 0.571. The van der Waals surface area contributed by atoms with Crippen molar-refractivity contribution < 1.29 is 41.5 Å². The van der Waals surface area contributed by atoms with Crippen molar-refractivity contribution in [1.29, 1.82) is 0 Å². The second-order valence-electron chi connectivity index (χ2n) is 9.02. The smallest absolute Gasteiger partial charge is 0.416 e. The molecular formula is C25H24F4N4O5. The minimum atomic E-state index is -4.79. The molecule has 0 bridgehead atoms. The summed E-state index contributed by atoms with van der Waals surface area (Å²) in [5.74, 6) is -2.93. The van der Waals surface area contributed by atoms with Crippen LogP contribution in [-0.2, 0) is 38.4 Å². The maximum atomic E-state index is 13.7. The number of benzene rings is 2. The van der Waals surface area contributed by atoms with E-state index in [0.29, 0.717) is 12.1 Å². The van der Waals surface area contributed by atoms with Crippen molar-refractivity contribution >= 4 is 23.8 Å². The van der Waals surface area contributed by atoms with Crippen molar-refractivity contribution in [2.75, 3.05) is 13.1 Å². The molecule has 2 heterocycles. The fraction of sp³-hybridized carbons (Fsp3) is 0.360. The van der Waals surface area contributed by atoms with Crippen LogP contribution in [0.4, 0.5) is 22.4 Å². The molecule has 2 aliphatic rings. The molecule has 2 saturated heterocycles. The van der Waals surface area contributed by atoms with Gasteiger partial charge in [-0.2, -0.15) is 13.2 Å². The van der Waals surface area contributed by atoms with Crippen molar-refractivity contribution in [3.8, 4) is 0 Å². The Morgan fingerprint density at radius 3 is 2.42 bits per heavy atom. The summed E-state index contributed by atoms with van der Waals surface area (Å²) in [7, 11) is 0. The lowest BCUT2D eigenvalue weighted by molar-refractivity contribution is -0.169. The lowest BCUT2D eigenvalue weighted by Crippen LogP contribution is -2.71. The number of fused-ring (bicyclic) bond motifs is 1. The number of ether oxygens (including phenoxy) is 1. The molecule has 2 aliphatic heterocycles. The van der Waals surface area contributed by atoms with Crippen LogP contribution in [0, 0.1) is 5.82 Å². The summed E-state index contributed by atoms with van der Waals surface area (Å²) >= 11 is 0. The molecule has 0 radical (unpaired) electrons. The fourth-order valence-electron chi connectivity index (χ4n) is 4.66. The van der Waals surface area contributed by atoms with Gasteiger partial charge in [-0.25, -0.2) is 9.18 Å². The number of carbonyl (C=O) groups excluding carboxylic acids is 4. The average molecular weight is 536 g/mol. The van der Waals surface area contributed by atoms with E-state index in [9.17, 15) is 36.7 Å². The minimum Gasteiger partial charge on any atom is -0.444 e. The molecule has 0 saturated carbocycles. The summed E-state index contributed by atoms with van der Waals surface area (Å²) in [4.78, 5) is 54.6. The standard InChI is InChI=1S/C25H24F4N4O5/c26-18-9-16(8-17(10-18)25(27,28)29)14-38-24(37)32-7-6-22(35)33-19(11-20(30)34)23(36)31(13-21(32)33)12-15-4-2-1-3-5-15/h1-5,8-10,19,21H,6-7,11-14H2,(H2,30,34)/t19-,21+/m0/s1. The van der Waals surface area contributed by atoms with E-state index in [4.69, 9.17) is 10.5 Å². The first kappa shape index (κ1) is 26.9. The molecule has 9 nitrogen and oxygen atoms in total. The summed E-state index contributed by atoms with van der Waals surface area (Å²) in [5, 5.41) is 0. The van der Waals surface area contributed by atoms with Gasteiger partial charge in [-0.15, -0.1) is 0 Å². The Morgan fingerprint density at radius 1 is 1.05 bits per heavy atom. The van der Waals surface area contributed by atoms with E-state index in [2.05, 4.69) is 0 Å². The lowest BCUT2D eigenvalue weighted by atomic mass is 10.0. The van der Waals surface area contributed by atoms with Crippen LogP contribution >= 0.6 is 0 Å². The van der Waals surface area contributed by atoms with Crippen LogP contribution in [0.3, 0.4) is 0 Å². The molecule has 0 unspecified atom stereocenters. The number of piperazine rings is 1. The Labute approximate surface area is 214 Å². The second-order valence-corrected chi connectivity index (χ2v) is 9.02. The Bertz CT molecular complexity index is 1240. The Balaban J connectivity index is 1.56. The molecule has 2 aromatic rings.